The van der Waals surface area contributed by atoms with E-state index in [0.717, 1.165) is 36.3 Å². The maximum Gasteiger partial charge on any atom is 0.163 e. The lowest BCUT2D eigenvalue weighted by molar-refractivity contribution is 0.101. The Balaban J connectivity index is 2.49. The van der Waals surface area contributed by atoms with E-state index in [1.807, 2.05) is 4.68 Å². The van der Waals surface area contributed by atoms with Gasteiger partial charge in [0, 0.05) is 5.69 Å². The molecule has 3 heteroatoms. The average molecular weight is 284 g/mol. The molecule has 0 atom stereocenters. The number of benzene rings is 1. The predicted molar refractivity (Wildman–Crippen MR) is 86.0 cm³/mol. The molecule has 2 rings (SSSR count). The molecule has 0 saturated heterocycles. The molecule has 0 saturated carbocycles. The lowest BCUT2D eigenvalue weighted by atomic mass is 10.0. The van der Waals surface area contributed by atoms with Crippen molar-refractivity contribution >= 4 is 5.78 Å². The molecule has 0 aliphatic rings. The van der Waals surface area contributed by atoms with Crippen LogP contribution >= 0.6 is 0 Å². The fourth-order valence-electron chi connectivity index (χ4n) is 2.83. The van der Waals surface area contributed by atoms with Gasteiger partial charge in [-0.25, -0.2) is 0 Å². The summed E-state index contributed by atoms with van der Waals surface area (Å²) in [6, 6.07) is 6.48. The minimum absolute atomic E-state index is 0.121. The molecule has 0 radical (unpaired) electrons. The minimum atomic E-state index is 0.121. The second-order valence-electron chi connectivity index (χ2n) is 5.62. The van der Waals surface area contributed by atoms with Gasteiger partial charge in [-0.05, 0) is 44.7 Å². The highest BCUT2D eigenvalue weighted by atomic mass is 16.1. The molecule has 0 fully saturated rings. The molecule has 3 nitrogen and oxygen atoms in total. The Kier molecular flexibility index (Phi) is 4.61. The number of aryl methyl sites for hydroxylation is 3. The van der Waals surface area contributed by atoms with E-state index in [9.17, 15) is 4.79 Å². The van der Waals surface area contributed by atoms with Gasteiger partial charge in [0.2, 0.25) is 0 Å². The van der Waals surface area contributed by atoms with Crippen molar-refractivity contribution in [2.45, 2.75) is 54.0 Å². The molecule has 112 valence electrons. The van der Waals surface area contributed by atoms with E-state index in [0.29, 0.717) is 0 Å². The summed E-state index contributed by atoms with van der Waals surface area (Å²) in [4.78, 5) is 11.9. The van der Waals surface area contributed by atoms with Crippen LogP contribution in [0.5, 0.6) is 0 Å². The van der Waals surface area contributed by atoms with Gasteiger partial charge in [0.05, 0.1) is 17.8 Å². The van der Waals surface area contributed by atoms with Gasteiger partial charge in [0.25, 0.3) is 0 Å². The van der Waals surface area contributed by atoms with E-state index in [1.165, 1.54) is 16.7 Å². The second-order valence-corrected chi connectivity index (χ2v) is 5.62. The summed E-state index contributed by atoms with van der Waals surface area (Å²) in [5, 5.41) is 4.68. The molecule has 0 unspecified atom stereocenters. The Bertz CT molecular complexity index is 668. The zero-order valence-electron chi connectivity index (χ0n) is 13.7. The molecular formula is C18H24N2O. The molecule has 21 heavy (non-hydrogen) atoms. The van der Waals surface area contributed by atoms with Crippen LogP contribution in [0.25, 0.3) is 0 Å². The first-order valence-corrected chi connectivity index (χ1v) is 7.63. The van der Waals surface area contributed by atoms with Crippen LogP contribution in [0.3, 0.4) is 0 Å². The lowest BCUT2D eigenvalue weighted by Crippen LogP contribution is -2.09. The Labute approximate surface area is 127 Å². The van der Waals surface area contributed by atoms with Crippen LogP contribution in [0.4, 0.5) is 0 Å². The maximum absolute atomic E-state index is 11.9. The maximum atomic E-state index is 11.9. The Morgan fingerprint density at radius 2 is 1.90 bits per heavy atom. The lowest BCUT2D eigenvalue weighted by Gasteiger charge is -2.10. The highest BCUT2D eigenvalue weighted by molar-refractivity contribution is 5.96. The molecule has 1 heterocycles. The summed E-state index contributed by atoms with van der Waals surface area (Å²) in [5.41, 5.74) is 6.59. The summed E-state index contributed by atoms with van der Waals surface area (Å²) < 4.78 is 2.01. The minimum Gasteiger partial charge on any atom is -0.294 e. The van der Waals surface area contributed by atoms with Crippen LogP contribution in [-0.2, 0) is 19.4 Å². The molecule has 0 amide bonds. The number of rotatable bonds is 5. The number of ketones is 1. The summed E-state index contributed by atoms with van der Waals surface area (Å²) >= 11 is 0. The van der Waals surface area contributed by atoms with Crippen molar-refractivity contribution in [3.05, 3.63) is 51.8 Å². The van der Waals surface area contributed by atoms with E-state index >= 15 is 0 Å². The summed E-state index contributed by atoms with van der Waals surface area (Å²) in [7, 11) is 0. The van der Waals surface area contributed by atoms with Crippen molar-refractivity contribution in [1.29, 1.82) is 0 Å². The van der Waals surface area contributed by atoms with Crippen molar-refractivity contribution < 1.29 is 4.79 Å². The third-order valence-corrected chi connectivity index (χ3v) is 3.98. The Morgan fingerprint density at radius 1 is 1.19 bits per heavy atom. The van der Waals surface area contributed by atoms with Crippen LogP contribution in [0.15, 0.2) is 18.2 Å². The number of hydrogen-bond donors (Lipinski definition) is 0. The van der Waals surface area contributed by atoms with Gasteiger partial charge in [-0.15, -0.1) is 0 Å². The van der Waals surface area contributed by atoms with Crippen LogP contribution in [-0.4, -0.2) is 15.6 Å². The standard InChI is InChI=1S/C18H24N2O/c1-6-16-18(14(5)21)17(7-2)20(19-16)11-15-10-12(3)8-9-13(15)4/h8-10H,6-7,11H2,1-5H3. The van der Waals surface area contributed by atoms with E-state index < -0.39 is 0 Å². The van der Waals surface area contributed by atoms with Gasteiger partial charge in [-0.3, -0.25) is 9.48 Å². The quantitative estimate of drug-likeness (QED) is 0.781. The van der Waals surface area contributed by atoms with Crippen molar-refractivity contribution in [3.63, 3.8) is 0 Å². The van der Waals surface area contributed by atoms with E-state index in [4.69, 9.17) is 0 Å². The first-order chi connectivity index (χ1) is 9.97. The third-order valence-electron chi connectivity index (χ3n) is 3.98. The average Bonchev–Trinajstić information content (AvgIpc) is 2.80. The largest absolute Gasteiger partial charge is 0.294 e. The number of Topliss-reactive ketones (excluding diaryl/α,β-unsaturated/α-hetero) is 1. The number of nitrogens with zero attached hydrogens (tertiary/aromatic N) is 2. The van der Waals surface area contributed by atoms with Gasteiger partial charge in [-0.2, -0.15) is 5.10 Å². The number of carbonyl (C=O) groups is 1. The number of carbonyl (C=O) groups excluding carboxylic acids is 1. The number of hydrogen-bond acceptors (Lipinski definition) is 2. The SMILES string of the molecule is CCc1nn(Cc2cc(C)ccc2C)c(CC)c1C(C)=O. The van der Waals surface area contributed by atoms with Gasteiger partial charge in [0.1, 0.15) is 0 Å². The van der Waals surface area contributed by atoms with Gasteiger partial charge in [-0.1, -0.05) is 37.6 Å². The van der Waals surface area contributed by atoms with Crippen LogP contribution in [0.2, 0.25) is 0 Å². The van der Waals surface area contributed by atoms with Gasteiger partial charge < -0.3 is 0 Å². The molecule has 0 N–H and O–H groups in total. The molecule has 1 aromatic carbocycles. The first-order valence-electron chi connectivity index (χ1n) is 7.63. The Morgan fingerprint density at radius 3 is 2.48 bits per heavy atom. The predicted octanol–water partition coefficient (Wildman–Crippen LogP) is 3.88. The molecular weight excluding hydrogens is 260 g/mol. The van der Waals surface area contributed by atoms with Crippen LogP contribution in [0, 0.1) is 13.8 Å². The number of aromatic nitrogens is 2. The fraction of sp³-hybridized carbons (Fsp3) is 0.444. The van der Waals surface area contributed by atoms with E-state index in [-0.39, 0.29) is 5.78 Å². The molecule has 0 bridgehead atoms. The van der Waals surface area contributed by atoms with Crippen molar-refractivity contribution in [3.8, 4) is 0 Å². The van der Waals surface area contributed by atoms with E-state index in [2.05, 4.69) is 51.0 Å². The van der Waals surface area contributed by atoms with Crippen molar-refractivity contribution in [2.24, 2.45) is 0 Å². The molecule has 0 aliphatic carbocycles. The highest BCUT2D eigenvalue weighted by Gasteiger charge is 2.19. The Hall–Kier alpha value is -1.90. The highest BCUT2D eigenvalue weighted by Crippen LogP contribution is 2.20. The van der Waals surface area contributed by atoms with Gasteiger partial charge in [0.15, 0.2) is 5.78 Å². The third kappa shape index (κ3) is 3.07. The van der Waals surface area contributed by atoms with Crippen LogP contribution < -0.4 is 0 Å². The first kappa shape index (κ1) is 15.5. The zero-order valence-corrected chi connectivity index (χ0v) is 13.7. The molecule has 1 aromatic heterocycles. The van der Waals surface area contributed by atoms with Crippen molar-refractivity contribution in [2.75, 3.05) is 0 Å². The van der Waals surface area contributed by atoms with Crippen LogP contribution in [0.1, 0.15) is 59.2 Å². The smallest absolute Gasteiger partial charge is 0.163 e. The normalized spacial score (nSPS) is 10.9. The summed E-state index contributed by atoms with van der Waals surface area (Å²) in [6.45, 7) is 10.7. The van der Waals surface area contributed by atoms with Gasteiger partial charge >= 0.3 is 0 Å². The monoisotopic (exact) mass is 284 g/mol. The summed E-state index contributed by atoms with van der Waals surface area (Å²) in [5.74, 6) is 0.121. The second kappa shape index (κ2) is 6.25. The van der Waals surface area contributed by atoms with E-state index in [1.54, 1.807) is 6.92 Å². The summed E-state index contributed by atoms with van der Waals surface area (Å²) in [6.07, 6.45) is 1.62. The molecule has 0 spiro atoms. The van der Waals surface area contributed by atoms with Crippen molar-refractivity contribution in [1.82, 2.24) is 9.78 Å². The fourth-order valence-corrected chi connectivity index (χ4v) is 2.83. The zero-order chi connectivity index (χ0) is 15.6. The molecule has 2 aromatic rings. The topological polar surface area (TPSA) is 34.9 Å². The molecule has 0 aliphatic heterocycles.